The average Bonchev–Trinajstić information content (AvgIpc) is 2.98. The summed E-state index contributed by atoms with van der Waals surface area (Å²) in [7, 11) is 0. The number of hydrogen-bond donors (Lipinski definition) is 3. The molecule has 3 N–H and O–H groups in total. The molecule has 7 heteroatoms. The van der Waals surface area contributed by atoms with E-state index in [0.29, 0.717) is 12.5 Å². The predicted molar refractivity (Wildman–Crippen MR) is 133 cm³/mol. The molecule has 2 aromatic carbocycles. The summed E-state index contributed by atoms with van der Waals surface area (Å²) in [5, 5.41) is 14.6. The summed E-state index contributed by atoms with van der Waals surface area (Å²) >= 11 is 0. The summed E-state index contributed by atoms with van der Waals surface area (Å²) in [6.45, 7) is 0.638. The molecule has 0 aromatic heterocycles. The molecule has 2 amide bonds. The lowest BCUT2D eigenvalue weighted by Gasteiger charge is -2.21. The van der Waals surface area contributed by atoms with Crippen molar-refractivity contribution < 1.29 is 24.2 Å². The van der Waals surface area contributed by atoms with Gasteiger partial charge >= 0.3 is 12.1 Å². The Bertz CT molecular complexity index is 1040. The highest BCUT2D eigenvalue weighted by atomic mass is 16.5. The molecule has 0 bridgehead atoms. The number of carboxylic acids is 1. The Hall–Kier alpha value is -3.61. The molecule has 0 heterocycles. The van der Waals surface area contributed by atoms with Crippen molar-refractivity contribution in [2.45, 2.75) is 50.5 Å². The molecule has 2 aliphatic rings. The summed E-state index contributed by atoms with van der Waals surface area (Å²) in [6, 6.07) is 15.1. The van der Waals surface area contributed by atoms with Gasteiger partial charge in [-0.05, 0) is 60.3 Å². The molecule has 0 fully saturated rings. The predicted octanol–water partition coefficient (Wildman–Crippen LogP) is 4.62. The van der Waals surface area contributed by atoms with Crippen molar-refractivity contribution in [1.82, 2.24) is 10.6 Å². The largest absolute Gasteiger partial charge is 0.481 e. The van der Waals surface area contributed by atoms with Crippen molar-refractivity contribution in [2.24, 2.45) is 5.92 Å². The zero-order valence-electron chi connectivity index (χ0n) is 19.7. The maximum atomic E-state index is 12.8. The molecule has 184 valence electrons. The molecule has 0 saturated heterocycles. The van der Waals surface area contributed by atoms with Crippen LogP contribution in [0.4, 0.5) is 4.79 Å². The van der Waals surface area contributed by atoms with Gasteiger partial charge in [-0.2, -0.15) is 0 Å². The van der Waals surface area contributed by atoms with Crippen LogP contribution >= 0.6 is 0 Å². The molecule has 0 spiro atoms. The molecule has 2 aromatic rings. The summed E-state index contributed by atoms with van der Waals surface area (Å²) in [5.41, 5.74) is 4.45. The Morgan fingerprint density at radius 2 is 1.54 bits per heavy atom. The number of carboxylic acid groups (broad SMARTS) is 1. The Morgan fingerprint density at radius 3 is 2.14 bits per heavy atom. The third-order valence-corrected chi connectivity index (χ3v) is 6.81. The highest BCUT2D eigenvalue weighted by Crippen LogP contribution is 2.44. The summed E-state index contributed by atoms with van der Waals surface area (Å²) in [4.78, 5) is 36.6. The lowest BCUT2D eigenvalue weighted by Crippen LogP contribution is -2.48. The molecule has 0 radical (unpaired) electrons. The zero-order valence-corrected chi connectivity index (χ0v) is 19.7. The second-order valence-corrected chi connectivity index (χ2v) is 9.19. The quantitative estimate of drug-likeness (QED) is 0.458. The van der Waals surface area contributed by atoms with E-state index in [0.717, 1.165) is 47.9 Å². The fourth-order valence-corrected chi connectivity index (χ4v) is 4.94. The van der Waals surface area contributed by atoms with Gasteiger partial charge in [0.1, 0.15) is 12.6 Å². The molecular formula is C28H32N2O5. The molecule has 35 heavy (non-hydrogen) atoms. The van der Waals surface area contributed by atoms with Crippen molar-refractivity contribution in [3.8, 4) is 11.1 Å². The third-order valence-electron chi connectivity index (χ3n) is 6.81. The first kappa shape index (κ1) is 24.5. The van der Waals surface area contributed by atoms with E-state index >= 15 is 0 Å². The number of rotatable bonds is 9. The van der Waals surface area contributed by atoms with E-state index in [1.807, 2.05) is 36.4 Å². The van der Waals surface area contributed by atoms with Crippen molar-refractivity contribution in [1.29, 1.82) is 0 Å². The Kier molecular flexibility index (Phi) is 8.19. The van der Waals surface area contributed by atoms with Gasteiger partial charge in [0.25, 0.3) is 0 Å². The lowest BCUT2D eigenvalue weighted by molar-refractivity contribution is -0.137. The first-order valence-electron chi connectivity index (χ1n) is 12.3. The number of amides is 2. The second kappa shape index (κ2) is 11.7. The van der Waals surface area contributed by atoms with Crippen LogP contribution in [0.5, 0.6) is 0 Å². The first-order valence-corrected chi connectivity index (χ1v) is 12.3. The van der Waals surface area contributed by atoms with Crippen LogP contribution < -0.4 is 10.6 Å². The number of aliphatic carboxylic acids is 1. The number of carbonyl (C=O) groups excluding carboxylic acids is 2. The van der Waals surface area contributed by atoms with E-state index in [4.69, 9.17) is 9.84 Å². The highest BCUT2D eigenvalue weighted by Gasteiger charge is 2.30. The highest BCUT2D eigenvalue weighted by molar-refractivity contribution is 5.86. The van der Waals surface area contributed by atoms with E-state index in [9.17, 15) is 14.4 Å². The number of ether oxygens (including phenoxy) is 1. The Morgan fingerprint density at radius 1 is 0.943 bits per heavy atom. The van der Waals surface area contributed by atoms with Crippen LogP contribution in [0.3, 0.4) is 0 Å². The minimum Gasteiger partial charge on any atom is -0.481 e. The standard InChI is InChI=1S/C28H32N2O5/c31-26(32)16-15-25(27(33)29-17-19-9-3-1-2-4-10-19)30-28(34)35-18-24-22-13-7-5-11-20(22)21-12-6-8-14-23(21)24/h1-2,5-8,11-14,19,24-25H,3-4,9-10,15-18H2,(H,29,33)(H,30,34)(H,31,32). The molecule has 4 rings (SSSR count). The van der Waals surface area contributed by atoms with Gasteiger partial charge in [0.05, 0.1) is 0 Å². The van der Waals surface area contributed by atoms with E-state index in [-0.39, 0.29) is 31.3 Å². The number of nitrogens with one attached hydrogen (secondary N) is 2. The third kappa shape index (κ3) is 6.29. The van der Waals surface area contributed by atoms with E-state index < -0.39 is 18.1 Å². The molecule has 0 saturated carbocycles. The van der Waals surface area contributed by atoms with E-state index in [1.165, 1.54) is 0 Å². The Balaban J connectivity index is 1.35. The second-order valence-electron chi connectivity index (χ2n) is 9.19. The summed E-state index contributed by atoms with van der Waals surface area (Å²) in [6.07, 6.45) is 7.34. The monoisotopic (exact) mass is 476 g/mol. The number of carbonyl (C=O) groups is 3. The fraction of sp³-hybridized carbons (Fsp3) is 0.393. The fourth-order valence-electron chi connectivity index (χ4n) is 4.94. The van der Waals surface area contributed by atoms with Gasteiger partial charge in [0, 0.05) is 18.9 Å². The first-order chi connectivity index (χ1) is 17.0. The summed E-state index contributed by atoms with van der Waals surface area (Å²) < 4.78 is 5.55. The van der Waals surface area contributed by atoms with E-state index in [1.54, 1.807) is 0 Å². The van der Waals surface area contributed by atoms with Crippen LogP contribution in [0, 0.1) is 5.92 Å². The van der Waals surface area contributed by atoms with Crippen LogP contribution in [0.25, 0.3) is 11.1 Å². The van der Waals surface area contributed by atoms with Crippen LogP contribution in [-0.4, -0.2) is 42.3 Å². The average molecular weight is 477 g/mol. The Labute approximate surface area is 205 Å². The topological polar surface area (TPSA) is 105 Å². The van der Waals surface area contributed by atoms with Gasteiger partial charge in [-0.25, -0.2) is 4.79 Å². The van der Waals surface area contributed by atoms with Gasteiger partial charge in [-0.3, -0.25) is 9.59 Å². The van der Waals surface area contributed by atoms with Crippen LogP contribution in [0.2, 0.25) is 0 Å². The number of fused-ring (bicyclic) bond motifs is 3. The van der Waals surface area contributed by atoms with Gasteiger partial charge in [0.2, 0.25) is 5.91 Å². The maximum absolute atomic E-state index is 12.8. The molecular weight excluding hydrogens is 444 g/mol. The van der Waals surface area contributed by atoms with E-state index in [2.05, 4.69) is 34.9 Å². The zero-order chi connectivity index (χ0) is 24.6. The van der Waals surface area contributed by atoms with Crippen molar-refractivity contribution in [2.75, 3.05) is 13.2 Å². The smallest absolute Gasteiger partial charge is 0.407 e. The van der Waals surface area contributed by atoms with Crippen molar-refractivity contribution >= 4 is 18.0 Å². The van der Waals surface area contributed by atoms with Gasteiger partial charge in [-0.15, -0.1) is 0 Å². The molecule has 7 nitrogen and oxygen atoms in total. The van der Waals surface area contributed by atoms with Crippen LogP contribution in [0.15, 0.2) is 60.7 Å². The number of hydrogen-bond acceptors (Lipinski definition) is 4. The van der Waals surface area contributed by atoms with Crippen molar-refractivity contribution in [3.63, 3.8) is 0 Å². The number of allylic oxidation sites excluding steroid dienone is 2. The maximum Gasteiger partial charge on any atom is 0.407 e. The van der Waals surface area contributed by atoms with Gasteiger partial charge < -0.3 is 20.5 Å². The van der Waals surface area contributed by atoms with Crippen LogP contribution in [0.1, 0.15) is 55.6 Å². The van der Waals surface area contributed by atoms with Gasteiger partial charge in [0.15, 0.2) is 0 Å². The number of alkyl carbamates (subject to hydrolysis) is 1. The lowest BCUT2D eigenvalue weighted by atomic mass is 9.98. The van der Waals surface area contributed by atoms with Crippen molar-refractivity contribution in [3.05, 3.63) is 71.8 Å². The minimum absolute atomic E-state index is 0.00240. The van der Waals surface area contributed by atoms with Gasteiger partial charge in [-0.1, -0.05) is 60.7 Å². The molecule has 1 atom stereocenters. The SMILES string of the molecule is O=C(O)CCC(NC(=O)OCC1c2ccccc2-c2ccccc21)C(=O)NCC1CCC=CCC1. The van der Waals surface area contributed by atoms with Crippen LogP contribution in [-0.2, 0) is 14.3 Å². The molecule has 2 aliphatic carbocycles. The molecule has 0 aliphatic heterocycles. The molecule has 1 unspecified atom stereocenters. The minimum atomic E-state index is -1.02. The number of benzene rings is 2. The normalized spacial score (nSPS) is 16.0. The summed E-state index contributed by atoms with van der Waals surface area (Å²) in [5.74, 6) is -1.13.